The van der Waals surface area contributed by atoms with Crippen LogP contribution in [0.4, 0.5) is 0 Å². The van der Waals surface area contributed by atoms with E-state index in [-0.39, 0.29) is 5.78 Å². The van der Waals surface area contributed by atoms with Crippen LogP contribution < -0.4 is 5.76 Å². The van der Waals surface area contributed by atoms with Crippen molar-refractivity contribution < 1.29 is 9.21 Å². The van der Waals surface area contributed by atoms with Crippen LogP contribution >= 0.6 is 11.6 Å². The third kappa shape index (κ3) is 4.37. The van der Waals surface area contributed by atoms with Gasteiger partial charge in [-0.05, 0) is 49.4 Å². The van der Waals surface area contributed by atoms with Crippen molar-refractivity contribution in [1.82, 2.24) is 9.88 Å². The van der Waals surface area contributed by atoms with Gasteiger partial charge in [0, 0.05) is 25.1 Å². The number of nitrogens with one attached hydrogen (secondary N) is 1. The molecule has 5 nitrogen and oxygen atoms in total. The lowest BCUT2D eigenvalue weighted by Gasteiger charge is -2.32. The number of H-pyrrole nitrogens is 1. The number of Topliss-reactive ketones (excluding diaryl/α,β-unsaturated/α-hetero) is 1. The monoisotopic (exact) mass is 398 g/mol. The summed E-state index contributed by atoms with van der Waals surface area (Å²) in [6.07, 6.45) is 3.87. The minimum Gasteiger partial charge on any atom is -0.408 e. The smallest absolute Gasteiger partial charge is 0.408 e. The van der Waals surface area contributed by atoms with E-state index in [1.807, 2.05) is 6.07 Å². The van der Waals surface area contributed by atoms with Crippen molar-refractivity contribution in [3.8, 4) is 0 Å². The minimum atomic E-state index is -0.548. The summed E-state index contributed by atoms with van der Waals surface area (Å²) in [5.41, 5.74) is 2.65. The summed E-state index contributed by atoms with van der Waals surface area (Å²) in [7, 11) is 0. The maximum absolute atomic E-state index is 12.7. The van der Waals surface area contributed by atoms with Gasteiger partial charge < -0.3 is 9.32 Å². The molecule has 0 unspecified atom stereocenters. The molecular formula is C22H23ClN2O3. The second-order valence-electron chi connectivity index (χ2n) is 7.51. The zero-order valence-corrected chi connectivity index (χ0v) is 16.4. The van der Waals surface area contributed by atoms with Crippen LogP contribution in [0.1, 0.15) is 35.2 Å². The third-order valence-electron chi connectivity index (χ3n) is 5.43. The van der Waals surface area contributed by atoms with Gasteiger partial charge >= 0.3 is 5.76 Å². The molecule has 1 fully saturated rings. The minimum absolute atomic E-state index is 0.0269. The van der Waals surface area contributed by atoms with Crippen molar-refractivity contribution in [2.45, 2.75) is 25.7 Å². The number of halogens is 1. The topological polar surface area (TPSA) is 66.3 Å². The summed E-state index contributed by atoms with van der Waals surface area (Å²) in [5.74, 6) is 0.0506. The molecule has 4 rings (SSSR count). The number of ketones is 1. The van der Waals surface area contributed by atoms with Crippen LogP contribution in [0.25, 0.3) is 11.1 Å². The zero-order chi connectivity index (χ0) is 19.5. The number of benzene rings is 2. The molecule has 1 aliphatic rings. The fourth-order valence-electron chi connectivity index (χ4n) is 4.05. The van der Waals surface area contributed by atoms with Gasteiger partial charge in [0.25, 0.3) is 0 Å². The number of aromatic nitrogens is 1. The number of carbonyl (C=O) groups is 1. The first-order valence-corrected chi connectivity index (χ1v) is 10.1. The quantitative estimate of drug-likeness (QED) is 0.628. The highest BCUT2D eigenvalue weighted by Gasteiger charge is 2.21. The SMILES string of the molecule is O=C(CCN1CCC[C@@H](Cc2ccccc2)C1)c1cc2oc(=O)[nH]c2cc1Cl. The number of likely N-dealkylation sites (tertiary alicyclic amines) is 1. The van der Waals surface area contributed by atoms with Gasteiger partial charge in [-0.1, -0.05) is 41.9 Å². The lowest BCUT2D eigenvalue weighted by atomic mass is 9.91. The molecule has 0 amide bonds. The van der Waals surface area contributed by atoms with Crippen molar-refractivity contribution in [2.75, 3.05) is 19.6 Å². The Kier molecular flexibility index (Phi) is 5.64. The summed E-state index contributed by atoms with van der Waals surface area (Å²) in [6, 6.07) is 13.7. The molecule has 0 spiro atoms. The summed E-state index contributed by atoms with van der Waals surface area (Å²) < 4.78 is 5.05. The number of carbonyl (C=O) groups excluding carboxylic acids is 1. The van der Waals surface area contributed by atoms with Gasteiger partial charge in [0.05, 0.1) is 10.5 Å². The molecule has 2 aromatic carbocycles. The van der Waals surface area contributed by atoms with Crippen LogP contribution in [0.3, 0.4) is 0 Å². The molecule has 1 saturated heterocycles. The van der Waals surface area contributed by atoms with Crippen molar-refractivity contribution in [3.63, 3.8) is 0 Å². The molecule has 2 heterocycles. The van der Waals surface area contributed by atoms with E-state index < -0.39 is 5.76 Å². The average Bonchev–Trinajstić information content (AvgIpc) is 3.05. The number of nitrogens with zero attached hydrogens (tertiary/aromatic N) is 1. The maximum atomic E-state index is 12.7. The highest BCUT2D eigenvalue weighted by atomic mass is 35.5. The van der Waals surface area contributed by atoms with E-state index in [9.17, 15) is 9.59 Å². The van der Waals surface area contributed by atoms with E-state index in [0.717, 1.165) is 32.5 Å². The predicted molar refractivity (Wildman–Crippen MR) is 110 cm³/mol. The zero-order valence-electron chi connectivity index (χ0n) is 15.6. The van der Waals surface area contributed by atoms with E-state index >= 15 is 0 Å². The molecule has 1 aromatic heterocycles. The Bertz CT molecular complexity index is 1030. The summed E-state index contributed by atoms with van der Waals surface area (Å²) >= 11 is 6.24. The van der Waals surface area contributed by atoms with Gasteiger partial charge in [0.1, 0.15) is 0 Å². The van der Waals surface area contributed by atoms with Crippen LogP contribution in [0.5, 0.6) is 0 Å². The van der Waals surface area contributed by atoms with Crippen LogP contribution in [0, 0.1) is 5.92 Å². The number of hydrogen-bond acceptors (Lipinski definition) is 4. The van der Waals surface area contributed by atoms with Crippen LogP contribution in [-0.4, -0.2) is 35.3 Å². The Morgan fingerprint density at radius 3 is 2.89 bits per heavy atom. The number of rotatable bonds is 6. The Morgan fingerprint density at radius 1 is 1.25 bits per heavy atom. The normalized spacial score (nSPS) is 17.8. The van der Waals surface area contributed by atoms with Crippen molar-refractivity contribution in [3.05, 3.63) is 69.2 Å². The second-order valence-corrected chi connectivity index (χ2v) is 7.92. The molecule has 3 aromatic rings. The lowest BCUT2D eigenvalue weighted by molar-refractivity contribution is 0.0946. The third-order valence-corrected chi connectivity index (χ3v) is 5.75. The highest BCUT2D eigenvalue weighted by Crippen LogP contribution is 2.25. The molecule has 1 aliphatic heterocycles. The molecule has 0 bridgehead atoms. The predicted octanol–water partition coefficient (Wildman–Crippen LogP) is 4.30. The van der Waals surface area contributed by atoms with Gasteiger partial charge in [0.15, 0.2) is 11.4 Å². The van der Waals surface area contributed by atoms with E-state index in [0.29, 0.717) is 34.0 Å². The molecule has 0 radical (unpaired) electrons. The first-order chi connectivity index (χ1) is 13.6. The number of piperidine rings is 1. The summed E-state index contributed by atoms with van der Waals surface area (Å²) in [5, 5.41) is 0.343. The Balaban J connectivity index is 1.36. The average molecular weight is 399 g/mol. The van der Waals surface area contributed by atoms with Crippen LogP contribution in [0.15, 0.2) is 51.7 Å². The second kappa shape index (κ2) is 8.33. The highest BCUT2D eigenvalue weighted by molar-refractivity contribution is 6.34. The summed E-state index contributed by atoms with van der Waals surface area (Å²) in [4.78, 5) is 28.9. The molecule has 6 heteroatoms. The van der Waals surface area contributed by atoms with Gasteiger partial charge in [-0.15, -0.1) is 0 Å². The number of hydrogen-bond donors (Lipinski definition) is 1. The van der Waals surface area contributed by atoms with Crippen LogP contribution in [-0.2, 0) is 6.42 Å². The van der Waals surface area contributed by atoms with Gasteiger partial charge in [-0.2, -0.15) is 0 Å². The van der Waals surface area contributed by atoms with Crippen molar-refractivity contribution in [2.24, 2.45) is 5.92 Å². The number of aromatic amines is 1. The maximum Gasteiger partial charge on any atom is 0.417 e. The van der Waals surface area contributed by atoms with E-state index in [1.165, 1.54) is 12.0 Å². The van der Waals surface area contributed by atoms with Crippen molar-refractivity contribution >= 4 is 28.5 Å². The molecule has 1 N–H and O–H groups in total. The Labute approximate surface area is 168 Å². The van der Waals surface area contributed by atoms with Gasteiger partial charge in [-0.25, -0.2) is 4.79 Å². The van der Waals surface area contributed by atoms with E-state index in [4.69, 9.17) is 16.0 Å². The van der Waals surface area contributed by atoms with Gasteiger partial charge in [-0.3, -0.25) is 9.78 Å². The molecule has 0 saturated carbocycles. The fraction of sp³-hybridized carbons (Fsp3) is 0.364. The molecule has 0 aliphatic carbocycles. The van der Waals surface area contributed by atoms with Gasteiger partial charge in [0.2, 0.25) is 0 Å². The Morgan fingerprint density at radius 2 is 2.07 bits per heavy atom. The molecular weight excluding hydrogens is 376 g/mol. The standard InChI is InChI=1S/C22H23ClN2O3/c23-18-13-19-21(28-22(27)24-19)12-17(18)20(26)8-10-25-9-4-7-16(14-25)11-15-5-2-1-3-6-15/h1-3,5-6,12-13,16H,4,7-11,14H2,(H,24,27)/t16-/m0/s1. The number of fused-ring (bicyclic) bond motifs is 1. The first-order valence-electron chi connectivity index (χ1n) is 9.70. The Hall–Kier alpha value is -2.37. The van der Waals surface area contributed by atoms with Crippen molar-refractivity contribution in [1.29, 1.82) is 0 Å². The van der Waals surface area contributed by atoms with E-state index in [2.05, 4.69) is 34.1 Å². The molecule has 28 heavy (non-hydrogen) atoms. The largest absolute Gasteiger partial charge is 0.417 e. The molecule has 1 atom stereocenters. The number of oxazole rings is 1. The molecule has 146 valence electrons. The lowest BCUT2D eigenvalue weighted by Crippen LogP contribution is -2.37. The summed E-state index contributed by atoms with van der Waals surface area (Å²) in [6.45, 7) is 2.76. The van der Waals surface area contributed by atoms with Crippen LogP contribution in [0.2, 0.25) is 5.02 Å². The fourth-order valence-corrected chi connectivity index (χ4v) is 4.32. The first kappa shape index (κ1) is 19.0. The van der Waals surface area contributed by atoms with E-state index in [1.54, 1.807) is 12.1 Å².